The monoisotopic (exact) mass is 536 g/mol. The van der Waals surface area contributed by atoms with E-state index in [0.717, 1.165) is 0 Å². The van der Waals surface area contributed by atoms with Gasteiger partial charge in [-0.3, -0.25) is 0 Å². The van der Waals surface area contributed by atoms with Crippen LogP contribution in [-0.4, -0.2) is 0 Å². The third-order valence-electron chi connectivity index (χ3n) is 2.77. The predicted octanol–water partition coefficient (Wildman–Crippen LogP) is 5.30. The molecule has 0 amide bonds. The van der Waals surface area contributed by atoms with Crippen molar-refractivity contribution >= 4 is 36.9 Å². The van der Waals surface area contributed by atoms with Crippen LogP contribution in [0.3, 0.4) is 0 Å². The maximum atomic E-state index is 3.84. The summed E-state index contributed by atoms with van der Waals surface area (Å²) in [5.41, 5.74) is 3.33. The van der Waals surface area contributed by atoms with E-state index in [4.69, 9.17) is 0 Å². The maximum absolute atomic E-state index is 3.84. The van der Waals surface area contributed by atoms with Gasteiger partial charge in [0, 0.05) is 0 Å². The molecule has 2 aliphatic carbocycles. The second-order valence-electron chi connectivity index (χ2n) is 3.64. The van der Waals surface area contributed by atoms with Crippen LogP contribution in [0.2, 0.25) is 3.67 Å². The van der Waals surface area contributed by atoms with Crippen molar-refractivity contribution in [1.29, 1.82) is 0 Å². The first-order valence-corrected chi connectivity index (χ1v) is 30.2. The molecule has 1 atom stereocenters. The van der Waals surface area contributed by atoms with Crippen LogP contribution in [0.4, 0.5) is 0 Å². The van der Waals surface area contributed by atoms with Crippen LogP contribution in [0.15, 0.2) is 23.3 Å². The predicted molar refractivity (Wildman–Crippen MR) is 65.2 cm³/mol. The normalized spacial score (nSPS) is 28.1. The molecule has 13 heavy (non-hydrogen) atoms. The summed E-state index contributed by atoms with van der Waals surface area (Å²) in [7, 11) is 0. The van der Waals surface area contributed by atoms with E-state index in [2.05, 4.69) is 49.0 Å². The topological polar surface area (TPSA) is 0 Å². The summed E-state index contributed by atoms with van der Waals surface area (Å²) in [6.45, 7) is 0. The van der Waals surface area contributed by atoms with Gasteiger partial charge in [0.2, 0.25) is 0 Å². The number of rotatable bonds is 1. The first-order chi connectivity index (χ1) is 6.09. The van der Waals surface area contributed by atoms with E-state index in [1.165, 1.54) is 25.7 Å². The third kappa shape index (κ3) is 2.48. The van der Waals surface area contributed by atoms with Gasteiger partial charge in [0.1, 0.15) is 0 Å². The zero-order valence-electron chi connectivity index (χ0n) is 7.19. The van der Waals surface area contributed by atoms with Gasteiger partial charge in [0.25, 0.3) is 0 Å². The van der Waals surface area contributed by atoms with E-state index < -0.39 is 13.0 Å². The van der Waals surface area contributed by atoms with Crippen molar-refractivity contribution in [3.63, 3.8) is 0 Å². The van der Waals surface area contributed by atoms with Crippen LogP contribution in [0.5, 0.6) is 0 Å². The molecule has 2 aliphatic rings. The van der Waals surface area contributed by atoms with Crippen LogP contribution < -0.4 is 0 Å². The Balaban J connectivity index is 2.26. The first kappa shape index (κ1) is 11.3. The molecule has 1 unspecified atom stereocenters. The van der Waals surface area contributed by atoms with Gasteiger partial charge in [-0.15, -0.1) is 0 Å². The molecule has 0 aromatic rings. The summed E-state index contributed by atoms with van der Waals surface area (Å²) in [4.78, 5) is 0. The van der Waals surface area contributed by atoms with Crippen molar-refractivity contribution in [2.24, 2.45) is 0 Å². The van der Waals surface area contributed by atoms with Crippen molar-refractivity contribution in [3.05, 3.63) is 23.3 Å². The Hall–Kier alpha value is 1.79. The Labute approximate surface area is 101 Å². The van der Waals surface area contributed by atoms with Crippen molar-refractivity contribution < 1.29 is 13.0 Å². The van der Waals surface area contributed by atoms with Crippen LogP contribution in [0.25, 0.3) is 0 Å². The van der Waals surface area contributed by atoms with Crippen LogP contribution in [-0.2, 0) is 13.0 Å². The average Bonchev–Trinajstić information content (AvgIpc) is 2.45. The fourth-order valence-electron chi connectivity index (χ4n) is 2.13. The van der Waals surface area contributed by atoms with Crippen LogP contribution in [0.1, 0.15) is 25.7 Å². The fourth-order valence-corrected chi connectivity index (χ4v) is 16.4. The molecule has 0 N–H and O–H groups in total. The van der Waals surface area contributed by atoms with Gasteiger partial charge in [-0.05, 0) is 0 Å². The standard InChI is InChI=1S/C9H11.3BrH.Hf/c1-2-5-9-7-3-6-8(9)4-1;;;;/h3,6-7H,1-2,4-5H2;3*1H;/q;;;;+3/p-3. The summed E-state index contributed by atoms with van der Waals surface area (Å²) in [5, 5.41) is 0. The second-order valence-corrected chi connectivity index (χ2v) is 66.6. The molecular weight excluding hydrogens is 526 g/mol. The van der Waals surface area contributed by atoms with Crippen molar-refractivity contribution in [2.75, 3.05) is 0 Å². The Morgan fingerprint density at radius 1 is 1.15 bits per heavy atom. The van der Waals surface area contributed by atoms with Gasteiger partial charge in [-0.1, -0.05) is 0 Å². The molecule has 0 aromatic heterocycles. The SMILES string of the molecule is [Br][Hf]([Br])([Br])[CH]1C=CC2=C1CCCC2. The minimum atomic E-state index is -2.38. The van der Waals surface area contributed by atoms with Crippen LogP contribution >= 0.6 is 36.9 Å². The summed E-state index contributed by atoms with van der Waals surface area (Å²) >= 11 is 9.13. The van der Waals surface area contributed by atoms with Crippen molar-refractivity contribution in [1.82, 2.24) is 0 Å². The Bertz CT molecular complexity index is 275. The summed E-state index contributed by atoms with van der Waals surface area (Å²) < 4.78 is 0.697. The molecule has 0 saturated heterocycles. The zero-order chi connectivity index (χ0) is 9.47. The molecule has 0 aliphatic heterocycles. The molecule has 0 fully saturated rings. The summed E-state index contributed by atoms with van der Waals surface area (Å²) in [5.74, 6) is 0. The second kappa shape index (κ2) is 4.34. The quantitative estimate of drug-likeness (QED) is 0.399. The average molecular weight is 537 g/mol. The Morgan fingerprint density at radius 3 is 2.54 bits per heavy atom. The third-order valence-corrected chi connectivity index (χ3v) is 19.4. The van der Waals surface area contributed by atoms with Crippen LogP contribution in [0, 0.1) is 0 Å². The number of allylic oxidation sites excluding steroid dienone is 4. The van der Waals surface area contributed by atoms with Gasteiger partial charge in [0.15, 0.2) is 0 Å². The number of hydrogen-bond donors (Lipinski definition) is 0. The van der Waals surface area contributed by atoms with E-state index >= 15 is 0 Å². The van der Waals surface area contributed by atoms with E-state index in [0.29, 0.717) is 3.67 Å². The summed E-state index contributed by atoms with van der Waals surface area (Å²) in [6.07, 6.45) is 10.1. The minimum absolute atomic E-state index is 0.697. The van der Waals surface area contributed by atoms with E-state index in [1.807, 2.05) is 0 Å². The molecule has 4 heteroatoms. The number of halogens is 3. The van der Waals surface area contributed by atoms with E-state index in [9.17, 15) is 0 Å². The molecule has 0 nitrogen and oxygen atoms in total. The van der Waals surface area contributed by atoms with Gasteiger partial charge in [-0.2, -0.15) is 0 Å². The zero-order valence-corrected chi connectivity index (χ0v) is 15.5. The molecule has 2 rings (SSSR count). The van der Waals surface area contributed by atoms with Gasteiger partial charge in [0.05, 0.1) is 0 Å². The van der Waals surface area contributed by atoms with Gasteiger partial charge < -0.3 is 0 Å². The molecule has 0 radical (unpaired) electrons. The first-order valence-electron chi connectivity index (χ1n) is 4.56. The Morgan fingerprint density at radius 2 is 1.85 bits per heavy atom. The summed E-state index contributed by atoms with van der Waals surface area (Å²) in [6, 6.07) is 0. The van der Waals surface area contributed by atoms with Gasteiger partial charge >= 0.3 is 103 Å². The fraction of sp³-hybridized carbons (Fsp3) is 0.556. The molecule has 0 aromatic carbocycles. The molecular formula is C9H11Br3Hf. The van der Waals surface area contributed by atoms with Gasteiger partial charge in [-0.25, -0.2) is 0 Å². The van der Waals surface area contributed by atoms with E-state index in [1.54, 1.807) is 11.1 Å². The molecule has 0 bridgehead atoms. The molecule has 0 spiro atoms. The number of hydrogen-bond acceptors (Lipinski definition) is 0. The van der Waals surface area contributed by atoms with E-state index in [-0.39, 0.29) is 0 Å². The van der Waals surface area contributed by atoms with Crippen molar-refractivity contribution in [2.45, 2.75) is 29.4 Å². The molecule has 0 heterocycles. The van der Waals surface area contributed by atoms with Crippen molar-refractivity contribution in [3.8, 4) is 0 Å². The Kier molecular flexibility index (Phi) is 3.77. The molecule has 72 valence electrons. The molecule has 0 saturated carbocycles.